The molecular weight excluding hydrogens is 284 g/mol. The Morgan fingerprint density at radius 2 is 1.80 bits per heavy atom. The van der Waals surface area contributed by atoms with Crippen LogP contribution in [-0.2, 0) is 4.12 Å². The Morgan fingerprint density at radius 1 is 1.15 bits per heavy atom. The van der Waals surface area contributed by atoms with Crippen LogP contribution in [0.3, 0.4) is 0 Å². The lowest BCUT2D eigenvalue weighted by Gasteiger charge is -2.29. The third kappa shape index (κ3) is 6.67. The summed E-state index contributed by atoms with van der Waals surface area (Å²) in [5.74, 6) is 0.636. The summed E-state index contributed by atoms with van der Waals surface area (Å²) in [7, 11) is -2.68. The topological polar surface area (TPSA) is 70.5 Å². The summed E-state index contributed by atoms with van der Waals surface area (Å²) in [6.45, 7) is 7.13. The van der Waals surface area contributed by atoms with E-state index in [0.29, 0.717) is 0 Å². The van der Waals surface area contributed by atoms with Crippen LogP contribution in [0, 0.1) is 0 Å². The van der Waals surface area contributed by atoms with Gasteiger partial charge in [-0.3, -0.25) is 0 Å². The molecule has 0 fully saturated rings. The van der Waals surface area contributed by atoms with Gasteiger partial charge in [-0.15, -0.1) is 0 Å². The van der Waals surface area contributed by atoms with Gasteiger partial charge in [0.05, 0.1) is 12.4 Å². The molecule has 0 aliphatic heterocycles. The molecule has 0 bridgehead atoms. The van der Waals surface area contributed by atoms with Gasteiger partial charge >= 0.3 is 0 Å². The molecule has 1 radical (unpaired) electrons. The van der Waals surface area contributed by atoms with E-state index in [4.69, 9.17) is 20.3 Å². The molecule has 20 heavy (non-hydrogen) atoms. The predicted octanol–water partition coefficient (Wildman–Crippen LogP) is 2.47. The number of rotatable bonds is 9. The summed E-state index contributed by atoms with van der Waals surface area (Å²) in [4.78, 5) is 0. The van der Waals surface area contributed by atoms with Crippen LogP contribution in [-0.4, -0.2) is 29.8 Å². The van der Waals surface area contributed by atoms with E-state index in [9.17, 15) is 0 Å². The van der Waals surface area contributed by atoms with Crippen molar-refractivity contribution >= 4 is 17.4 Å². The second kappa shape index (κ2) is 8.58. The first-order chi connectivity index (χ1) is 9.42. The minimum atomic E-state index is -1.90. The Labute approximate surface area is 125 Å². The van der Waals surface area contributed by atoms with E-state index in [1.54, 1.807) is 0 Å². The van der Waals surface area contributed by atoms with Crippen LogP contribution in [0.15, 0.2) is 30.3 Å². The molecule has 4 nitrogen and oxygen atoms in total. The van der Waals surface area contributed by atoms with E-state index in [-0.39, 0.29) is 5.79 Å². The van der Waals surface area contributed by atoms with Gasteiger partial charge in [-0.25, -0.2) is 0 Å². The van der Waals surface area contributed by atoms with Gasteiger partial charge < -0.3 is 20.3 Å². The van der Waals surface area contributed by atoms with Crippen molar-refractivity contribution in [3.8, 4) is 5.75 Å². The van der Waals surface area contributed by atoms with Crippen molar-refractivity contribution in [2.24, 2.45) is 11.5 Å². The van der Waals surface area contributed by atoms with Crippen LogP contribution < -0.4 is 16.2 Å². The number of benzene rings is 1. The highest BCUT2D eigenvalue weighted by atomic mass is 28.4. The third-order valence-corrected chi connectivity index (χ3v) is 9.34. The maximum atomic E-state index is 6.11. The van der Waals surface area contributed by atoms with Crippen LogP contribution in [0.2, 0.25) is 25.7 Å². The zero-order chi connectivity index (χ0) is 15.0. The zero-order valence-corrected chi connectivity index (χ0v) is 14.8. The lowest BCUT2D eigenvalue weighted by Crippen LogP contribution is -2.57. The molecule has 113 valence electrons. The van der Waals surface area contributed by atoms with Gasteiger partial charge in [0, 0.05) is 0 Å². The smallest absolute Gasteiger partial charge is 0.204 e. The Morgan fingerprint density at radius 3 is 2.40 bits per heavy atom. The lowest BCUT2D eigenvalue weighted by atomic mass is 10.3. The highest BCUT2D eigenvalue weighted by Crippen LogP contribution is 2.13. The van der Waals surface area contributed by atoms with Crippen molar-refractivity contribution in [2.45, 2.75) is 44.3 Å². The average Bonchev–Trinajstić information content (AvgIpc) is 2.38. The maximum Gasteiger partial charge on any atom is 0.204 e. The average molecular weight is 312 g/mol. The van der Waals surface area contributed by atoms with Crippen molar-refractivity contribution in [3.05, 3.63) is 30.3 Å². The summed E-state index contributed by atoms with van der Waals surface area (Å²) in [5, 5.41) is 0. The Balaban J connectivity index is 2.12. The van der Waals surface area contributed by atoms with Gasteiger partial charge in [0.25, 0.3) is 0 Å². The summed E-state index contributed by atoms with van der Waals surface area (Å²) < 4.78 is 11.8. The molecule has 0 unspecified atom stereocenters. The monoisotopic (exact) mass is 311 g/mol. The number of hydrogen-bond donors (Lipinski definition) is 2. The predicted molar refractivity (Wildman–Crippen MR) is 88.3 cm³/mol. The van der Waals surface area contributed by atoms with E-state index < -0.39 is 17.4 Å². The van der Waals surface area contributed by atoms with Gasteiger partial charge in [0.1, 0.15) is 5.75 Å². The van der Waals surface area contributed by atoms with Crippen LogP contribution in [0.4, 0.5) is 0 Å². The molecule has 0 amide bonds. The molecule has 0 spiro atoms. The van der Waals surface area contributed by atoms with Crippen molar-refractivity contribution in [1.29, 1.82) is 0 Å². The van der Waals surface area contributed by atoms with E-state index in [1.807, 2.05) is 30.3 Å². The third-order valence-electron chi connectivity index (χ3n) is 3.18. The standard InChI is InChI=1S/C14H27N2O2Si2/c1-19(18-20(2,3)14(15)16)12-8-7-11-17-13-9-5-4-6-10-13/h4-6,9-10,14H,7-8,11-12,15-16H2,1-3H3. The molecule has 0 atom stereocenters. The highest BCUT2D eigenvalue weighted by Gasteiger charge is 2.30. The Kier molecular flexibility index (Phi) is 7.46. The molecule has 4 N–H and O–H groups in total. The fraction of sp³-hybridized carbons (Fsp3) is 0.571. The molecule has 6 heteroatoms. The van der Waals surface area contributed by atoms with Crippen LogP contribution >= 0.6 is 0 Å². The first-order valence-corrected chi connectivity index (χ1v) is 12.2. The molecule has 1 aromatic rings. The summed E-state index contributed by atoms with van der Waals surface area (Å²) in [6, 6.07) is 11.0. The Hall–Kier alpha value is -0.666. The van der Waals surface area contributed by atoms with Crippen molar-refractivity contribution in [3.63, 3.8) is 0 Å². The zero-order valence-electron chi connectivity index (χ0n) is 12.8. The quantitative estimate of drug-likeness (QED) is 0.417. The number of ether oxygens (including phenoxy) is 1. The van der Waals surface area contributed by atoms with Gasteiger partial charge in [0.15, 0.2) is 9.04 Å². The number of nitrogens with two attached hydrogens (primary N) is 2. The van der Waals surface area contributed by atoms with E-state index >= 15 is 0 Å². The van der Waals surface area contributed by atoms with E-state index in [2.05, 4.69) is 19.6 Å². The number of para-hydroxylation sites is 1. The fourth-order valence-corrected chi connectivity index (χ4v) is 7.04. The minimum absolute atomic E-state index is 0.302. The SMILES string of the molecule is C[Si](CCCCOc1ccccc1)O[Si](C)(C)C(N)N. The summed E-state index contributed by atoms with van der Waals surface area (Å²) >= 11 is 0. The van der Waals surface area contributed by atoms with Crippen LogP contribution in [0.25, 0.3) is 0 Å². The van der Waals surface area contributed by atoms with Crippen molar-refractivity contribution < 1.29 is 8.85 Å². The molecule has 0 aliphatic rings. The van der Waals surface area contributed by atoms with Gasteiger partial charge in [-0.1, -0.05) is 24.6 Å². The first-order valence-electron chi connectivity index (χ1n) is 7.12. The largest absolute Gasteiger partial charge is 0.494 e. The van der Waals surface area contributed by atoms with Crippen LogP contribution in [0.5, 0.6) is 5.75 Å². The minimum Gasteiger partial charge on any atom is -0.494 e. The maximum absolute atomic E-state index is 6.11. The second-order valence-electron chi connectivity index (χ2n) is 5.55. The molecule has 0 heterocycles. The second-order valence-corrected chi connectivity index (χ2v) is 12.1. The van der Waals surface area contributed by atoms with Crippen molar-refractivity contribution in [1.82, 2.24) is 0 Å². The molecule has 1 aromatic carbocycles. The molecular formula is C14H27N2O2Si2. The molecule has 0 aliphatic carbocycles. The first kappa shape index (κ1) is 17.4. The van der Waals surface area contributed by atoms with Gasteiger partial charge in [-0.2, -0.15) is 0 Å². The fourth-order valence-electron chi connectivity index (χ4n) is 1.75. The summed E-state index contributed by atoms with van der Waals surface area (Å²) in [6.07, 6.45) is 2.18. The molecule has 0 saturated heterocycles. The number of unbranched alkanes of at least 4 members (excludes halogenated alkanes) is 1. The lowest BCUT2D eigenvalue weighted by molar-refractivity contribution is 0.308. The molecule has 1 rings (SSSR count). The van der Waals surface area contributed by atoms with Gasteiger partial charge in [-0.05, 0) is 44.2 Å². The van der Waals surface area contributed by atoms with Gasteiger partial charge in [0.2, 0.25) is 8.32 Å². The van der Waals surface area contributed by atoms with E-state index in [0.717, 1.165) is 31.2 Å². The Bertz CT molecular complexity index is 375. The normalized spacial score (nSPS) is 12.2. The number of hydrogen-bond acceptors (Lipinski definition) is 4. The molecule has 0 aromatic heterocycles. The molecule has 0 saturated carbocycles. The van der Waals surface area contributed by atoms with Crippen molar-refractivity contribution in [2.75, 3.05) is 6.61 Å². The van der Waals surface area contributed by atoms with Crippen LogP contribution in [0.1, 0.15) is 12.8 Å². The van der Waals surface area contributed by atoms with E-state index in [1.165, 1.54) is 0 Å². The summed E-state index contributed by atoms with van der Waals surface area (Å²) in [5.41, 5.74) is 11.5. The highest BCUT2D eigenvalue weighted by molar-refractivity contribution is 6.79.